The molecule has 0 radical (unpaired) electrons. The normalized spacial score (nSPS) is 11.2. The van der Waals surface area contributed by atoms with Crippen LogP contribution in [0, 0.1) is 6.92 Å². The van der Waals surface area contributed by atoms with Gasteiger partial charge in [-0.05, 0) is 43.5 Å². The standard InChI is InChI=1S/C22H29ClN2O3/c1-5-7-8-13-28-18-10-9-17(19(23)14-18)15-25-16(3)24-20(6-2)21(25)11-12-22(26)27-4/h9-12,14H,5-8,13,15H2,1-4H3. The molecule has 1 heterocycles. The van der Waals surface area contributed by atoms with Crippen LogP contribution in [0.25, 0.3) is 6.08 Å². The zero-order chi connectivity index (χ0) is 20.5. The van der Waals surface area contributed by atoms with Gasteiger partial charge in [0.25, 0.3) is 0 Å². The number of hydrogen-bond acceptors (Lipinski definition) is 4. The Kier molecular flexibility index (Phi) is 8.58. The Hall–Kier alpha value is -2.27. The smallest absolute Gasteiger partial charge is 0.330 e. The topological polar surface area (TPSA) is 53.4 Å². The van der Waals surface area contributed by atoms with Gasteiger partial charge in [-0.25, -0.2) is 9.78 Å². The van der Waals surface area contributed by atoms with Crippen molar-refractivity contribution in [1.82, 2.24) is 9.55 Å². The highest BCUT2D eigenvalue weighted by Crippen LogP contribution is 2.25. The van der Waals surface area contributed by atoms with E-state index in [4.69, 9.17) is 21.1 Å². The first-order chi connectivity index (χ1) is 13.5. The molecule has 2 aromatic rings. The van der Waals surface area contributed by atoms with Crippen LogP contribution in [0.5, 0.6) is 5.75 Å². The predicted octanol–water partition coefficient (Wildman–Crippen LogP) is 5.21. The van der Waals surface area contributed by atoms with Crippen molar-refractivity contribution in [2.45, 2.75) is 53.0 Å². The van der Waals surface area contributed by atoms with Crippen LogP contribution in [0.15, 0.2) is 24.3 Å². The van der Waals surface area contributed by atoms with E-state index in [1.807, 2.05) is 32.0 Å². The minimum atomic E-state index is -0.393. The second kappa shape index (κ2) is 10.9. The summed E-state index contributed by atoms with van der Waals surface area (Å²) in [4.78, 5) is 16.1. The quantitative estimate of drug-likeness (QED) is 0.310. The molecule has 2 rings (SSSR count). The second-order valence-corrected chi connectivity index (χ2v) is 7.00. The van der Waals surface area contributed by atoms with E-state index in [9.17, 15) is 4.79 Å². The van der Waals surface area contributed by atoms with Crippen LogP contribution >= 0.6 is 11.6 Å². The van der Waals surface area contributed by atoms with Gasteiger partial charge in [-0.15, -0.1) is 0 Å². The molecule has 0 atom stereocenters. The number of rotatable bonds is 10. The minimum absolute atomic E-state index is 0.393. The van der Waals surface area contributed by atoms with Crippen molar-refractivity contribution < 1.29 is 14.3 Å². The summed E-state index contributed by atoms with van der Waals surface area (Å²) in [5, 5.41) is 0.655. The molecule has 0 unspecified atom stereocenters. The maximum atomic E-state index is 11.5. The number of unbranched alkanes of at least 4 members (excludes halogenated alkanes) is 2. The molecule has 6 heteroatoms. The van der Waals surface area contributed by atoms with Crippen LogP contribution in [0.1, 0.15) is 55.9 Å². The lowest BCUT2D eigenvalue weighted by Crippen LogP contribution is -2.06. The highest BCUT2D eigenvalue weighted by atomic mass is 35.5. The van der Waals surface area contributed by atoms with E-state index in [1.54, 1.807) is 6.08 Å². The Morgan fingerprint density at radius 1 is 1.29 bits per heavy atom. The highest BCUT2D eigenvalue weighted by Gasteiger charge is 2.14. The highest BCUT2D eigenvalue weighted by molar-refractivity contribution is 6.31. The number of nitrogens with zero attached hydrogens (tertiary/aromatic N) is 2. The number of methoxy groups -OCH3 is 1. The van der Waals surface area contributed by atoms with Crippen LogP contribution in [0.2, 0.25) is 5.02 Å². The van der Waals surface area contributed by atoms with E-state index in [0.717, 1.165) is 47.8 Å². The Bertz CT molecular complexity index is 827. The van der Waals surface area contributed by atoms with Crippen LogP contribution in [-0.4, -0.2) is 29.2 Å². The van der Waals surface area contributed by atoms with E-state index in [2.05, 4.69) is 16.5 Å². The van der Waals surface area contributed by atoms with Crippen LogP contribution in [0.4, 0.5) is 0 Å². The SMILES string of the molecule is CCCCCOc1ccc(Cn2c(C)nc(CC)c2C=CC(=O)OC)c(Cl)c1. The Labute approximate surface area is 172 Å². The van der Waals surface area contributed by atoms with Gasteiger partial charge in [0.05, 0.1) is 31.6 Å². The fourth-order valence-corrected chi connectivity index (χ4v) is 3.19. The van der Waals surface area contributed by atoms with E-state index in [1.165, 1.54) is 19.6 Å². The molecule has 0 aliphatic heterocycles. The first kappa shape index (κ1) is 22.0. The van der Waals surface area contributed by atoms with E-state index in [0.29, 0.717) is 18.2 Å². The molecule has 28 heavy (non-hydrogen) atoms. The molecular formula is C22H29ClN2O3. The van der Waals surface area contributed by atoms with Gasteiger partial charge in [-0.1, -0.05) is 44.4 Å². The number of aryl methyl sites for hydroxylation is 2. The number of hydrogen-bond donors (Lipinski definition) is 0. The third-order valence-electron chi connectivity index (χ3n) is 4.56. The van der Waals surface area contributed by atoms with Crippen molar-refractivity contribution in [2.24, 2.45) is 0 Å². The molecule has 0 spiro atoms. The van der Waals surface area contributed by atoms with Gasteiger partial charge in [-0.2, -0.15) is 0 Å². The molecule has 1 aromatic heterocycles. The van der Waals surface area contributed by atoms with Gasteiger partial charge < -0.3 is 14.0 Å². The molecule has 0 fully saturated rings. The summed E-state index contributed by atoms with van der Waals surface area (Å²) < 4.78 is 12.5. The van der Waals surface area contributed by atoms with E-state index in [-0.39, 0.29) is 0 Å². The lowest BCUT2D eigenvalue weighted by molar-refractivity contribution is -0.134. The minimum Gasteiger partial charge on any atom is -0.494 e. The Balaban J connectivity index is 2.21. The van der Waals surface area contributed by atoms with Crippen molar-refractivity contribution in [2.75, 3.05) is 13.7 Å². The maximum Gasteiger partial charge on any atom is 0.330 e. The number of benzene rings is 1. The largest absolute Gasteiger partial charge is 0.494 e. The zero-order valence-corrected chi connectivity index (χ0v) is 17.9. The molecule has 0 saturated carbocycles. The Morgan fingerprint density at radius 3 is 2.71 bits per heavy atom. The van der Waals surface area contributed by atoms with Gasteiger partial charge >= 0.3 is 5.97 Å². The molecule has 0 amide bonds. The third-order valence-corrected chi connectivity index (χ3v) is 4.91. The molecule has 0 N–H and O–H groups in total. The monoisotopic (exact) mass is 404 g/mol. The van der Waals surface area contributed by atoms with Crippen molar-refractivity contribution in [3.8, 4) is 5.75 Å². The van der Waals surface area contributed by atoms with Crippen molar-refractivity contribution in [3.05, 3.63) is 52.1 Å². The molecule has 5 nitrogen and oxygen atoms in total. The van der Waals surface area contributed by atoms with Crippen LogP contribution in [-0.2, 0) is 22.5 Å². The molecule has 0 saturated heterocycles. The van der Waals surface area contributed by atoms with Crippen molar-refractivity contribution in [3.63, 3.8) is 0 Å². The Morgan fingerprint density at radius 2 is 2.07 bits per heavy atom. The number of imidazole rings is 1. The number of carbonyl (C=O) groups excluding carboxylic acids is 1. The fraction of sp³-hybridized carbons (Fsp3) is 0.455. The molecule has 0 bridgehead atoms. The predicted molar refractivity (Wildman–Crippen MR) is 113 cm³/mol. The van der Waals surface area contributed by atoms with Crippen molar-refractivity contribution >= 4 is 23.6 Å². The summed E-state index contributed by atoms with van der Waals surface area (Å²) in [6, 6.07) is 5.79. The molecule has 0 aliphatic carbocycles. The number of ether oxygens (including phenoxy) is 2. The first-order valence-corrected chi connectivity index (χ1v) is 10.1. The van der Waals surface area contributed by atoms with Gasteiger partial charge in [0.15, 0.2) is 0 Å². The number of halogens is 1. The fourth-order valence-electron chi connectivity index (χ4n) is 2.96. The van der Waals surface area contributed by atoms with Gasteiger partial charge in [-0.3, -0.25) is 0 Å². The first-order valence-electron chi connectivity index (χ1n) is 9.73. The summed E-state index contributed by atoms with van der Waals surface area (Å²) in [5.74, 6) is 1.26. The number of aromatic nitrogens is 2. The van der Waals surface area contributed by atoms with Gasteiger partial charge in [0, 0.05) is 11.1 Å². The summed E-state index contributed by atoms with van der Waals surface area (Å²) in [6.45, 7) is 7.43. The van der Waals surface area contributed by atoms with Gasteiger partial charge in [0.2, 0.25) is 0 Å². The maximum absolute atomic E-state index is 11.5. The molecule has 0 aliphatic rings. The van der Waals surface area contributed by atoms with Crippen LogP contribution < -0.4 is 4.74 Å². The lowest BCUT2D eigenvalue weighted by Gasteiger charge is -2.12. The van der Waals surface area contributed by atoms with Crippen LogP contribution in [0.3, 0.4) is 0 Å². The third kappa shape index (κ3) is 5.86. The zero-order valence-electron chi connectivity index (χ0n) is 17.1. The second-order valence-electron chi connectivity index (χ2n) is 6.60. The number of carbonyl (C=O) groups is 1. The average Bonchev–Trinajstić information content (AvgIpc) is 2.99. The summed E-state index contributed by atoms with van der Waals surface area (Å²) >= 11 is 6.51. The molecule has 152 valence electrons. The molecule has 1 aromatic carbocycles. The molecular weight excluding hydrogens is 376 g/mol. The summed E-state index contributed by atoms with van der Waals surface area (Å²) in [7, 11) is 1.36. The number of esters is 1. The van der Waals surface area contributed by atoms with Crippen molar-refractivity contribution in [1.29, 1.82) is 0 Å². The lowest BCUT2D eigenvalue weighted by atomic mass is 10.2. The van der Waals surface area contributed by atoms with E-state index < -0.39 is 5.97 Å². The van der Waals surface area contributed by atoms with E-state index >= 15 is 0 Å². The summed E-state index contributed by atoms with van der Waals surface area (Å²) in [6.07, 6.45) is 7.31. The summed E-state index contributed by atoms with van der Waals surface area (Å²) in [5.41, 5.74) is 2.80. The average molecular weight is 405 g/mol. The van der Waals surface area contributed by atoms with Gasteiger partial charge in [0.1, 0.15) is 11.6 Å².